The van der Waals surface area contributed by atoms with E-state index in [2.05, 4.69) is 376 Å². The zero-order valence-electron chi connectivity index (χ0n) is 78.8. The smallest absolute Gasteiger partial charge is 0.136 e. The molecule has 4 heterocycles. The van der Waals surface area contributed by atoms with E-state index in [9.17, 15) is 0 Å². The summed E-state index contributed by atoms with van der Waals surface area (Å²) < 4.78 is 6.83. The molecular weight excluding hydrogens is 1610 g/mol. The molecule has 3 aromatic heterocycles. The lowest BCUT2D eigenvalue weighted by Crippen LogP contribution is -2.49. The van der Waals surface area contributed by atoms with Crippen molar-refractivity contribution >= 4 is 151 Å². The highest BCUT2D eigenvalue weighted by Crippen LogP contribution is 2.64. The summed E-state index contributed by atoms with van der Waals surface area (Å²) in [6, 6.07) is 103. The van der Waals surface area contributed by atoms with Gasteiger partial charge in [-0.25, -0.2) is 0 Å². The molecule has 131 heavy (non-hydrogen) atoms. The van der Waals surface area contributed by atoms with Gasteiger partial charge < -0.3 is 4.42 Å². The highest BCUT2D eigenvalue weighted by Gasteiger charge is 2.50. The largest absolute Gasteiger partial charge is 0.456 e. The predicted molar refractivity (Wildman–Crippen MR) is 565 cm³/mol. The van der Waals surface area contributed by atoms with Crippen molar-refractivity contribution in [3.8, 4) is 78.0 Å². The molecule has 18 aromatic carbocycles. The van der Waals surface area contributed by atoms with E-state index in [0.717, 1.165) is 16.9 Å². The maximum Gasteiger partial charge on any atom is 0.136 e. The number of hydrogen-bond donors (Lipinski definition) is 0. The lowest BCUT2D eigenvalue weighted by atomic mass is 9.67. The highest BCUT2D eigenvalue weighted by molar-refractivity contribution is 7.04. The van der Waals surface area contributed by atoms with Gasteiger partial charge in [-0.3, -0.25) is 9.97 Å². The Morgan fingerprint density at radius 2 is 0.824 bits per heavy atom. The van der Waals surface area contributed by atoms with Gasteiger partial charge >= 0.3 is 0 Å². The van der Waals surface area contributed by atoms with Crippen LogP contribution in [0.25, 0.3) is 197 Å². The van der Waals surface area contributed by atoms with Crippen LogP contribution in [-0.2, 0) is 32.5 Å². The molecule has 7 aliphatic rings. The van der Waals surface area contributed by atoms with Crippen molar-refractivity contribution in [2.24, 2.45) is 0 Å². The van der Waals surface area contributed by atoms with Crippen LogP contribution in [0.3, 0.4) is 0 Å². The Hall–Kier alpha value is -12.4. The topological polar surface area (TPSA) is 38.9 Å². The molecule has 0 unspecified atom stereocenters. The molecule has 5 heteroatoms. The van der Waals surface area contributed by atoms with Crippen LogP contribution in [0.5, 0.6) is 0 Å². The van der Waals surface area contributed by atoms with E-state index < -0.39 is 16.1 Å². The van der Waals surface area contributed by atoms with E-state index >= 15 is 0 Å². The molecule has 0 atom stereocenters. The lowest BCUT2D eigenvalue weighted by molar-refractivity contribution is 0.344. The van der Waals surface area contributed by atoms with Gasteiger partial charge in [-0.2, -0.15) is 0 Å². The molecule has 28 rings (SSSR count). The molecular formula is C126H112N2OSi2. The quantitative estimate of drug-likeness (QED) is 0.131. The molecule has 1 aliphatic heterocycles. The van der Waals surface area contributed by atoms with E-state index in [-0.39, 0.29) is 32.5 Å². The standard InChI is InChI=1S/C46H36OSi.C43H41N.C37H35NSi/c1-46(2,3)29-20-21-30-38(22-29)47-39-25-34-32(27-14-8-6-9-15-27)24-37-43-31-18-12-13-19-40(31)48(4,5)41(43)26-35-33(28-16-10-7-11-17-28)23-36(42(30)39)44(34)45(35)37;1-41(2,3)35-19-18-31-39-30-17-15-26-24-33-38(28-12-6-7-13-32(28)42(33)20-8-4-9-21-42)29-16-14-27(37(30)36(26)29)25-34(39)43(40(31)44-35)22-10-5-11-23-43;1-20-9-15-28-35(38-20)34-25-14-11-21-17-29-33(26-19-23(39(6,7)8)12-16-27(26)36(29,2)3)24-13-10-22(32(25)31(21)24)18-30(34)37(28,4)5/h6-26H,1-5H3;6-7,12-19,24-25H,4-5,8-11,20-23H2,1-3H3;9-19H,1-8H3. The van der Waals surface area contributed by atoms with Crippen molar-refractivity contribution in [2.75, 3.05) is 0 Å². The van der Waals surface area contributed by atoms with Gasteiger partial charge in [-0.05, 0) is 312 Å². The second-order valence-corrected chi connectivity index (χ2v) is 54.5. The maximum atomic E-state index is 6.83. The Morgan fingerprint density at radius 1 is 0.321 bits per heavy atom. The average molecular weight is 1730 g/mol. The minimum absolute atomic E-state index is 0.0151. The van der Waals surface area contributed by atoms with Crippen LogP contribution in [-0.4, -0.2) is 26.1 Å². The third kappa shape index (κ3) is 10.9. The highest BCUT2D eigenvalue weighted by atomic mass is 28.3. The van der Waals surface area contributed by atoms with Gasteiger partial charge in [0.1, 0.15) is 19.2 Å². The second-order valence-electron chi connectivity index (χ2n) is 45.1. The molecule has 0 amide bonds. The minimum atomic E-state index is -1.95. The number of benzene rings is 18. The van der Waals surface area contributed by atoms with E-state index in [0.29, 0.717) is 0 Å². The molecule has 21 aromatic rings. The first-order chi connectivity index (χ1) is 63.0. The van der Waals surface area contributed by atoms with Gasteiger partial charge in [-0.1, -0.05) is 352 Å². The number of aryl methyl sites for hydroxylation is 1. The van der Waals surface area contributed by atoms with E-state index in [4.69, 9.17) is 14.4 Å². The summed E-state index contributed by atoms with van der Waals surface area (Å²) in [5.41, 5.74) is 36.6. The van der Waals surface area contributed by atoms with Crippen molar-refractivity contribution < 1.29 is 4.42 Å². The average Bonchev–Trinajstić information content (AvgIpc) is 1.60. The van der Waals surface area contributed by atoms with E-state index in [1.54, 1.807) is 21.9 Å². The summed E-state index contributed by atoms with van der Waals surface area (Å²) in [5, 5.41) is 31.8. The summed E-state index contributed by atoms with van der Waals surface area (Å²) in [6.07, 6.45) is 12.9. The number of rotatable bonds is 3. The lowest BCUT2D eigenvalue weighted by Gasteiger charge is -2.36. The Balaban J connectivity index is 0.000000104. The van der Waals surface area contributed by atoms with Crippen molar-refractivity contribution in [3.05, 3.63) is 329 Å². The van der Waals surface area contributed by atoms with Crippen LogP contribution in [0.1, 0.15) is 195 Å². The number of furan rings is 1. The van der Waals surface area contributed by atoms with E-state index in [1.807, 2.05) is 0 Å². The summed E-state index contributed by atoms with van der Waals surface area (Å²) in [4.78, 5) is 10.7. The fourth-order valence-electron chi connectivity index (χ4n) is 27.0. The number of pyridine rings is 2. The fraction of sp³-hybridized carbons (Fsp3) is 0.254. The maximum absolute atomic E-state index is 6.83. The first kappa shape index (κ1) is 79.6. The summed E-state index contributed by atoms with van der Waals surface area (Å²) in [5.74, 6) is 0. The molecule has 2 fully saturated rings. The van der Waals surface area contributed by atoms with Crippen LogP contribution in [0.2, 0.25) is 32.7 Å². The van der Waals surface area contributed by atoms with Gasteiger partial charge in [0.25, 0.3) is 0 Å². The van der Waals surface area contributed by atoms with Crippen molar-refractivity contribution in [1.82, 2.24) is 9.97 Å². The molecule has 2 saturated carbocycles. The van der Waals surface area contributed by atoms with Crippen molar-refractivity contribution in [3.63, 3.8) is 0 Å². The molecule has 0 saturated heterocycles. The predicted octanol–water partition coefficient (Wildman–Crippen LogP) is 33.1. The van der Waals surface area contributed by atoms with Gasteiger partial charge in [0.15, 0.2) is 0 Å². The summed E-state index contributed by atoms with van der Waals surface area (Å²) in [7, 11) is -3.40. The number of fused-ring (bicyclic) bond motifs is 28. The van der Waals surface area contributed by atoms with Gasteiger partial charge in [0, 0.05) is 60.4 Å². The molecule has 6 aliphatic carbocycles. The molecule has 3 nitrogen and oxygen atoms in total. The number of hydrogen-bond acceptors (Lipinski definition) is 3. The van der Waals surface area contributed by atoms with Crippen LogP contribution in [0, 0.1) is 6.92 Å². The summed E-state index contributed by atoms with van der Waals surface area (Å²) >= 11 is 0. The molecule has 640 valence electrons. The van der Waals surface area contributed by atoms with Crippen LogP contribution < -0.4 is 15.6 Å². The van der Waals surface area contributed by atoms with Gasteiger partial charge in [-0.15, -0.1) is 0 Å². The Kier molecular flexibility index (Phi) is 16.5. The number of nitrogens with zero attached hydrogens (tertiary/aromatic N) is 2. The SMILES string of the molecule is CC(C)(C)c1ccc2c(c1)oc1cc3c(-c4ccccc4)cc4c5c(cc6c(-c7ccccc7)cc(c12)c3c64)[Si](C)(C)c1ccccc1-5.CC(C)(C)c1ccc2c(n1)C1(CCCCC1)c1cc3ccc4c5c(cc6ccc(c1-2)c3c64)C1(CCCCC1)c1ccccc1-5.Cc1ccc2c(n1)-c1c(cc3ccc4c5c(cc6ccc1c3c64)C(C)(C)c1ccc([Si](C)(C)C)cc1-5)C2(C)C. The van der Waals surface area contributed by atoms with Crippen molar-refractivity contribution in [2.45, 2.75) is 206 Å². The third-order valence-corrected chi connectivity index (χ3v) is 39.2. The zero-order valence-corrected chi connectivity index (χ0v) is 80.8. The molecule has 0 N–H and O–H groups in total. The summed E-state index contributed by atoms with van der Waals surface area (Å²) in [6.45, 7) is 37.8. The van der Waals surface area contributed by atoms with Crippen LogP contribution in [0.4, 0.5) is 0 Å². The Morgan fingerprint density at radius 3 is 1.44 bits per heavy atom. The third-order valence-electron chi connectivity index (χ3n) is 33.6. The second kappa shape index (κ2) is 27.2. The fourth-order valence-corrected chi connectivity index (χ4v) is 31.2. The first-order valence-electron chi connectivity index (χ1n) is 48.8. The molecule has 0 radical (unpaired) electrons. The van der Waals surface area contributed by atoms with Crippen LogP contribution >= 0.6 is 0 Å². The van der Waals surface area contributed by atoms with Gasteiger partial charge in [0.05, 0.1) is 19.5 Å². The normalized spacial score (nSPS) is 16.7. The molecule has 2 spiro atoms. The number of aromatic nitrogens is 2. The van der Waals surface area contributed by atoms with Crippen LogP contribution in [0.15, 0.2) is 271 Å². The minimum Gasteiger partial charge on any atom is -0.456 e. The zero-order chi connectivity index (χ0) is 89.2. The molecule has 0 bridgehead atoms. The van der Waals surface area contributed by atoms with E-state index in [1.165, 1.54) is 300 Å². The Labute approximate surface area is 771 Å². The van der Waals surface area contributed by atoms with Gasteiger partial charge in [0.2, 0.25) is 0 Å². The monoisotopic (exact) mass is 1720 g/mol. The van der Waals surface area contributed by atoms with Crippen molar-refractivity contribution in [1.29, 1.82) is 0 Å². The first-order valence-corrected chi connectivity index (χ1v) is 55.3. The Bertz CT molecular complexity index is 8550.